The molecule has 3 rings (SSSR count). The molecule has 0 fully saturated rings. The first-order valence-corrected chi connectivity index (χ1v) is 11.0. The molecule has 0 aliphatic rings. The summed E-state index contributed by atoms with van der Waals surface area (Å²) in [5.41, 5.74) is 2.36. The van der Waals surface area contributed by atoms with E-state index in [1.54, 1.807) is 37.4 Å². The fourth-order valence-electron chi connectivity index (χ4n) is 3.09. The Hall–Kier alpha value is -3.07. The molecule has 0 unspecified atom stereocenters. The van der Waals surface area contributed by atoms with Crippen molar-refractivity contribution in [2.45, 2.75) is 19.1 Å². The number of methoxy groups -OCH3 is 1. The van der Waals surface area contributed by atoms with Crippen molar-refractivity contribution in [3.63, 3.8) is 0 Å². The first-order valence-electron chi connectivity index (χ1n) is 9.34. The molecular weight excluding hydrogens is 429 g/mol. The van der Waals surface area contributed by atoms with Crippen molar-refractivity contribution in [3.05, 3.63) is 89.7 Å². The highest BCUT2D eigenvalue weighted by Crippen LogP contribution is 2.27. The van der Waals surface area contributed by atoms with E-state index in [9.17, 15) is 21.6 Å². The fraction of sp³-hybridized carbons (Fsp3) is 0.227. The third kappa shape index (κ3) is 6.45. The Balaban J connectivity index is 1.93. The number of halogens is 3. The quantitative estimate of drug-likeness (QED) is 0.504. The minimum atomic E-state index is -4.85. The van der Waals surface area contributed by atoms with Gasteiger partial charge in [-0.2, -0.15) is 13.2 Å². The van der Waals surface area contributed by atoms with Gasteiger partial charge in [-0.15, -0.1) is 0 Å². The number of pyridine rings is 1. The Morgan fingerprint density at radius 3 is 2.29 bits per heavy atom. The van der Waals surface area contributed by atoms with E-state index in [0.29, 0.717) is 17.7 Å². The second-order valence-corrected chi connectivity index (χ2v) is 8.83. The summed E-state index contributed by atoms with van der Waals surface area (Å²) in [6, 6.07) is 17.1. The largest absolute Gasteiger partial charge is 0.497 e. The molecule has 3 aromatic rings. The molecule has 0 N–H and O–H groups in total. The number of nitrogens with zero attached hydrogens (tertiary/aromatic N) is 2. The smallest absolute Gasteiger partial charge is 0.404 e. The van der Waals surface area contributed by atoms with E-state index in [1.807, 2.05) is 24.3 Å². The van der Waals surface area contributed by atoms with Crippen molar-refractivity contribution in [2.75, 3.05) is 17.2 Å². The van der Waals surface area contributed by atoms with Crippen molar-refractivity contribution in [1.82, 2.24) is 4.98 Å². The van der Waals surface area contributed by atoms with Crippen LogP contribution >= 0.6 is 0 Å². The zero-order valence-electron chi connectivity index (χ0n) is 16.7. The fourth-order valence-corrected chi connectivity index (χ4v) is 4.44. The molecule has 0 bridgehead atoms. The molecule has 0 saturated carbocycles. The molecule has 1 heterocycles. The molecule has 1 aromatic heterocycles. The van der Waals surface area contributed by atoms with Gasteiger partial charge in [-0.05, 0) is 53.4 Å². The maximum atomic E-state index is 13.0. The Kier molecular flexibility index (Phi) is 6.84. The topological polar surface area (TPSA) is 59.5 Å². The third-order valence-electron chi connectivity index (χ3n) is 4.50. The number of anilines is 1. The van der Waals surface area contributed by atoms with Crippen LogP contribution in [-0.4, -0.2) is 32.4 Å². The maximum Gasteiger partial charge on any atom is 0.404 e. The Bertz CT molecular complexity index is 1100. The predicted octanol–water partition coefficient (Wildman–Crippen LogP) is 4.58. The highest BCUT2D eigenvalue weighted by molar-refractivity contribution is 7.92. The monoisotopic (exact) mass is 450 g/mol. The van der Waals surface area contributed by atoms with Crippen LogP contribution in [0.15, 0.2) is 73.1 Å². The van der Waals surface area contributed by atoms with Gasteiger partial charge in [-0.25, -0.2) is 8.42 Å². The molecule has 31 heavy (non-hydrogen) atoms. The second kappa shape index (κ2) is 9.38. The number of alkyl halides is 3. The van der Waals surface area contributed by atoms with E-state index in [0.717, 1.165) is 15.4 Å². The second-order valence-electron chi connectivity index (χ2n) is 6.93. The molecule has 0 aliphatic heterocycles. The summed E-state index contributed by atoms with van der Waals surface area (Å²) < 4.78 is 70.1. The minimum absolute atomic E-state index is 0.166. The average Bonchev–Trinajstić information content (AvgIpc) is 2.72. The van der Waals surface area contributed by atoms with E-state index in [2.05, 4.69) is 4.98 Å². The summed E-state index contributed by atoms with van der Waals surface area (Å²) >= 11 is 0. The zero-order chi connectivity index (χ0) is 22.5. The van der Waals surface area contributed by atoms with Gasteiger partial charge in [0.05, 0.1) is 19.3 Å². The van der Waals surface area contributed by atoms with Gasteiger partial charge in [0.25, 0.3) is 0 Å². The molecule has 5 nitrogen and oxygen atoms in total. The maximum absolute atomic E-state index is 13.0. The first kappa shape index (κ1) is 22.6. The third-order valence-corrected chi connectivity index (χ3v) is 6.20. The summed E-state index contributed by atoms with van der Waals surface area (Å²) in [5.74, 6) is -1.23. The van der Waals surface area contributed by atoms with Crippen molar-refractivity contribution in [2.24, 2.45) is 0 Å². The van der Waals surface area contributed by atoms with E-state index in [1.165, 1.54) is 18.5 Å². The standard InChI is InChI=1S/C22H21F3N2O3S/c1-30-21-9-7-17(8-10-21)12-18-4-2-6-20(13-18)27(15-19-5-3-11-26-14-19)31(28,29)16-22(23,24)25/h2-11,13-14H,12,15-16H2,1H3. The van der Waals surface area contributed by atoms with Gasteiger partial charge in [0.1, 0.15) is 5.75 Å². The number of sulfonamides is 1. The number of benzene rings is 2. The molecule has 0 atom stereocenters. The minimum Gasteiger partial charge on any atom is -0.497 e. The summed E-state index contributed by atoms with van der Waals surface area (Å²) in [4.78, 5) is 3.92. The van der Waals surface area contributed by atoms with Crippen LogP contribution in [0.3, 0.4) is 0 Å². The highest BCUT2D eigenvalue weighted by atomic mass is 32.2. The number of rotatable bonds is 8. The van der Waals surface area contributed by atoms with Crippen molar-refractivity contribution in [1.29, 1.82) is 0 Å². The molecule has 0 amide bonds. The Labute approximate surface area is 179 Å². The van der Waals surface area contributed by atoms with Gasteiger partial charge < -0.3 is 4.74 Å². The van der Waals surface area contributed by atoms with Crippen LogP contribution in [-0.2, 0) is 23.0 Å². The molecular formula is C22H21F3N2O3S. The van der Waals surface area contributed by atoms with Crippen LogP contribution < -0.4 is 9.04 Å². The molecule has 0 radical (unpaired) electrons. The Morgan fingerprint density at radius 1 is 0.968 bits per heavy atom. The molecule has 9 heteroatoms. The number of aromatic nitrogens is 1. The predicted molar refractivity (Wildman–Crippen MR) is 113 cm³/mol. The lowest BCUT2D eigenvalue weighted by atomic mass is 10.0. The van der Waals surface area contributed by atoms with Gasteiger partial charge >= 0.3 is 6.18 Å². The molecule has 2 aromatic carbocycles. The lowest BCUT2D eigenvalue weighted by molar-refractivity contribution is -0.106. The van der Waals surface area contributed by atoms with Gasteiger partial charge in [0, 0.05) is 12.4 Å². The lowest BCUT2D eigenvalue weighted by Gasteiger charge is -2.25. The molecule has 164 valence electrons. The molecule has 0 saturated heterocycles. The lowest BCUT2D eigenvalue weighted by Crippen LogP contribution is -2.37. The van der Waals surface area contributed by atoms with Crippen molar-refractivity contribution < 1.29 is 26.3 Å². The molecule has 0 spiro atoms. The van der Waals surface area contributed by atoms with E-state index in [-0.39, 0.29) is 12.2 Å². The molecule has 0 aliphatic carbocycles. The van der Waals surface area contributed by atoms with Gasteiger partial charge in [-0.1, -0.05) is 30.3 Å². The number of hydrogen-bond acceptors (Lipinski definition) is 4. The summed E-state index contributed by atoms with van der Waals surface area (Å²) in [6.07, 6.45) is -1.44. The van der Waals surface area contributed by atoms with Crippen molar-refractivity contribution >= 4 is 15.7 Å². The van der Waals surface area contributed by atoms with E-state index in [4.69, 9.17) is 4.74 Å². The van der Waals surface area contributed by atoms with Crippen LogP contribution in [0.25, 0.3) is 0 Å². The number of ether oxygens (including phenoxy) is 1. The summed E-state index contributed by atoms with van der Waals surface area (Å²) in [7, 11) is -3.10. The van der Waals surface area contributed by atoms with E-state index >= 15 is 0 Å². The van der Waals surface area contributed by atoms with Crippen LogP contribution in [0.1, 0.15) is 16.7 Å². The normalized spacial score (nSPS) is 11.9. The van der Waals surface area contributed by atoms with Gasteiger partial charge in [-0.3, -0.25) is 9.29 Å². The summed E-state index contributed by atoms with van der Waals surface area (Å²) in [6.45, 7) is -0.252. The van der Waals surface area contributed by atoms with Crippen LogP contribution in [0.2, 0.25) is 0 Å². The van der Waals surface area contributed by atoms with Gasteiger partial charge in [0.15, 0.2) is 5.75 Å². The SMILES string of the molecule is COc1ccc(Cc2cccc(N(Cc3cccnc3)S(=O)(=O)CC(F)(F)F)c2)cc1. The van der Waals surface area contributed by atoms with Crippen LogP contribution in [0.5, 0.6) is 5.75 Å². The first-order chi connectivity index (χ1) is 14.7. The number of hydrogen-bond donors (Lipinski definition) is 0. The summed E-state index contributed by atoms with van der Waals surface area (Å²) in [5, 5.41) is 0. The zero-order valence-corrected chi connectivity index (χ0v) is 17.5. The van der Waals surface area contributed by atoms with Crippen LogP contribution in [0.4, 0.5) is 18.9 Å². The van der Waals surface area contributed by atoms with Crippen molar-refractivity contribution in [3.8, 4) is 5.75 Å². The average molecular weight is 450 g/mol. The van der Waals surface area contributed by atoms with Crippen LogP contribution in [0, 0.1) is 0 Å². The highest BCUT2D eigenvalue weighted by Gasteiger charge is 2.38. The Morgan fingerprint density at radius 2 is 1.68 bits per heavy atom. The van der Waals surface area contributed by atoms with E-state index < -0.39 is 22.0 Å². The van der Waals surface area contributed by atoms with Gasteiger partial charge in [0.2, 0.25) is 10.0 Å².